The Morgan fingerprint density at radius 3 is 2.60 bits per heavy atom. The molecule has 0 bridgehead atoms. The highest BCUT2D eigenvalue weighted by Gasteiger charge is 2.10. The summed E-state index contributed by atoms with van der Waals surface area (Å²) in [4.78, 5) is 11.2. The van der Waals surface area contributed by atoms with E-state index in [2.05, 4.69) is 0 Å². The van der Waals surface area contributed by atoms with Gasteiger partial charge in [0.1, 0.15) is 5.82 Å². The summed E-state index contributed by atoms with van der Waals surface area (Å²) < 4.78 is 18.0. The topological polar surface area (TPSA) is 26.3 Å². The van der Waals surface area contributed by atoms with E-state index in [0.717, 1.165) is 11.1 Å². The summed E-state index contributed by atoms with van der Waals surface area (Å²) in [5.74, 6) is -0.508. The van der Waals surface area contributed by atoms with Crippen LogP contribution in [0.5, 0.6) is 0 Å². The van der Waals surface area contributed by atoms with Crippen LogP contribution in [0.15, 0.2) is 12.1 Å². The quantitative estimate of drug-likeness (QED) is 0.717. The van der Waals surface area contributed by atoms with Crippen LogP contribution in [0.1, 0.15) is 23.6 Å². The zero-order chi connectivity index (χ0) is 11.4. The van der Waals surface area contributed by atoms with Gasteiger partial charge in [-0.2, -0.15) is 0 Å². The number of esters is 1. The Morgan fingerprint density at radius 1 is 1.33 bits per heavy atom. The molecule has 0 aliphatic rings. The maximum absolute atomic E-state index is 13.1. The van der Waals surface area contributed by atoms with E-state index in [9.17, 15) is 9.18 Å². The summed E-state index contributed by atoms with van der Waals surface area (Å²) in [6.07, 6.45) is 0.209. The van der Waals surface area contributed by atoms with Crippen molar-refractivity contribution >= 4 is 5.97 Å². The lowest BCUT2D eigenvalue weighted by molar-refractivity contribution is -0.142. The van der Waals surface area contributed by atoms with Gasteiger partial charge in [0.15, 0.2) is 0 Å². The number of hydrogen-bond acceptors (Lipinski definition) is 2. The summed E-state index contributed by atoms with van der Waals surface area (Å²) in [6, 6.07) is 3.02. The van der Waals surface area contributed by atoms with E-state index in [1.165, 1.54) is 6.07 Å². The van der Waals surface area contributed by atoms with Crippen molar-refractivity contribution in [3.63, 3.8) is 0 Å². The standard InChI is InChI=1S/C12H15FO2/c1-4-15-12(14)7-10-5-6-11(13)9(3)8(10)2/h5-6H,4,7H2,1-3H3. The lowest BCUT2D eigenvalue weighted by atomic mass is 10.0. The zero-order valence-electron chi connectivity index (χ0n) is 9.26. The SMILES string of the molecule is CCOC(=O)Cc1ccc(F)c(C)c1C. The number of benzene rings is 1. The van der Waals surface area contributed by atoms with Crippen molar-refractivity contribution in [1.82, 2.24) is 0 Å². The number of carbonyl (C=O) groups excluding carboxylic acids is 1. The van der Waals surface area contributed by atoms with Crippen molar-refractivity contribution < 1.29 is 13.9 Å². The molecular weight excluding hydrogens is 195 g/mol. The fourth-order valence-electron chi connectivity index (χ4n) is 1.40. The number of ether oxygens (including phenoxy) is 1. The first-order valence-electron chi connectivity index (χ1n) is 4.96. The molecule has 0 N–H and O–H groups in total. The fraction of sp³-hybridized carbons (Fsp3) is 0.417. The Morgan fingerprint density at radius 2 is 2.00 bits per heavy atom. The summed E-state index contributed by atoms with van der Waals surface area (Å²) in [5.41, 5.74) is 2.24. The molecule has 0 aliphatic heterocycles. The molecule has 2 nitrogen and oxygen atoms in total. The third-order valence-electron chi connectivity index (χ3n) is 2.47. The van der Waals surface area contributed by atoms with E-state index in [4.69, 9.17) is 4.74 Å². The minimum atomic E-state index is -0.272. The van der Waals surface area contributed by atoms with Gasteiger partial charge in [0.05, 0.1) is 13.0 Å². The molecule has 0 aliphatic carbocycles. The van der Waals surface area contributed by atoms with Crippen molar-refractivity contribution in [3.05, 3.63) is 34.6 Å². The van der Waals surface area contributed by atoms with Crippen LogP contribution in [0, 0.1) is 19.7 Å². The van der Waals surface area contributed by atoms with Gasteiger partial charge in [-0.1, -0.05) is 6.07 Å². The molecule has 0 spiro atoms. The third-order valence-corrected chi connectivity index (χ3v) is 2.47. The Balaban J connectivity index is 2.87. The first kappa shape index (κ1) is 11.7. The Labute approximate surface area is 89.1 Å². The molecule has 0 atom stereocenters. The van der Waals surface area contributed by atoms with Crippen molar-refractivity contribution in [2.75, 3.05) is 6.61 Å². The average molecular weight is 210 g/mol. The van der Waals surface area contributed by atoms with E-state index in [-0.39, 0.29) is 18.2 Å². The lowest BCUT2D eigenvalue weighted by Crippen LogP contribution is -2.09. The maximum atomic E-state index is 13.1. The molecule has 0 radical (unpaired) electrons. The lowest BCUT2D eigenvalue weighted by Gasteiger charge is -2.08. The predicted molar refractivity (Wildman–Crippen MR) is 56.2 cm³/mol. The van der Waals surface area contributed by atoms with E-state index >= 15 is 0 Å². The third kappa shape index (κ3) is 2.78. The first-order chi connectivity index (χ1) is 7.06. The van der Waals surface area contributed by atoms with Gasteiger partial charge in [0.25, 0.3) is 0 Å². The molecule has 0 aromatic heterocycles. The first-order valence-corrected chi connectivity index (χ1v) is 4.96. The van der Waals surface area contributed by atoms with Crippen LogP contribution in [0.25, 0.3) is 0 Å². The molecule has 82 valence electrons. The van der Waals surface area contributed by atoms with Crippen LogP contribution in [0.4, 0.5) is 4.39 Å². The van der Waals surface area contributed by atoms with Gasteiger partial charge in [0.2, 0.25) is 0 Å². The van der Waals surface area contributed by atoms with Crippen molar-refractivity contribution in [2.24, 2.45) is 0 Å². The van der Waals surface area contributed by atoms with E-state index in [1.54, 1.807) is 19.9 Å². The minimum absolute atomic E-state index is 0.209. The number of carbonyl (C=O) groups is 1. The maximum Gasteiger partial charge on any atom is 0.310 e. The molecule has 0 unspecified atom stereocenters. The summed E-state index contributed by atoms with van der Waals surface area (Å²) in [6.45, 7) is 5.66. The zero-order valence-corrected chi connectivity index (χ0v) is 9.26. The Hall–Kier alpha value is -1.38. The molecule has 1 aromatic rings. The van der Waals surface area contributed by atoms with Crippen molar-refractivity contribution in [3.8, 4) is 0 Å². The van der Waals surface area contributed by atoms with Crippen LogP contribution in [0.2, 0.25) is 0 Å². The Bertz CT molecular complexity index is 372. The van der Waals surface area contributed by atoms with Crippen LogP contribution in [-0.4, -0.2) is 12.6 Å². The van der Waals surface area contributed by atoms with Gasteiger partial charge in [-0.3, -0.25) is 4.79 Å². The molecule has 3 heteroatoms. The minimum Gasteiger partial charge on any atom is -0.466 e. The van der Waals surface area contributed by atoms with Gasteiger partial charge in [-0.15, -0.1) is 0 Å². The summed E-state index contributed by atoms with van der Waals surface area (Å²) in [7, 11) is 0. The van der Waals surface area contributed by atoms with Gasteiger partial charge < -0.3 is 4.74 Å². The van der Waals surface area contributed by atoms with Crippen LogP contribution in [-0.2, 0) is 16.0 Å². The number of hydrogen-bond donors (Lipinski definition) is 0. The highest BCUT2D eigenvalue weighted by atomic mass is 19.1. The van der Waals surface area contributed by atoms with Gasteiger partial charge >= 0.3 is 5.97 Å². The van der Waals surface area contributed by atoms with Gasteiger partial charge in [-0.05, 0) is 43.5 Å². The van der Waals surface area contributed by atoms with Crippen LogP contribution in [0.3, 0.4) is 0 Å². The second-order valence-corrected chi connectivity index (χ2v) is 3.44. The summed E-state index contributed by atoms with van der Waals surface area (Å²) in [5, 5.41) is 0. The molecule has 1 rings (SSSR count). The molecule has 0 fully saturated rings. The fourth-order valence-corrected chi connectivity index (χ4v) is 1.40. The number of halogens is 1. The number of rotatable bonds is 3. The monoisotopic (exact) mass is 210 g/mol. The normalized spacial score (nSPS) is 10.1. The highest BCUT2D eigenvalue weighted by Crippen LogP contribution is 2.17. The molecule has 15 heavy (non-hydrogen) atoms. The van der Waals surface area contributed by atoms with Crippen molar-refractivity contribution in [2.45, 2.75) is 27.2 Å². The molecule has 0 saturated carbocycles. The molecule has 0 amide bonds. The van der Waals surface area contributed by atoms with E-state index in [1.807, 2.05) is 6.92 Å². The molecule has 0 saturated heterocycles. The smallest absolute Gasteiger partial charge is 0.310 e. The Kier molecular flexibility index (Phi) is 3.83. The van der Waals surface area contributed by atoms with E-state index in [0.29, 0.717) is 12.2 Å². The molecule has 1 aromatic carbocycles. The largest absolute Gasteiger partial charge is 0.466 e. The van der Waals surface area contributed by atoms with Crippen molar-refractivity contribution in [1.29, 1.82) is 0 Å². The second-order valence-electron chi connectivity index (χ2n) is 3.44. The summed E-state index contributed by atoms with van der Waals surface area (Å²) >= 11 is 0. The second kappa shape index (κ2) is 4.91. The van der Waals surface area contributed by atoms with E-state index < -0.39 is 0 Å². The predicted octanol–water partition coefficient (Wildman–Crippen LogP) is 2.55. The highest BCUT2D eigenvalue weighted by molar-refractivity contribution is 5.73. The van der Waals surface area contributed by atoms with Gasteiger partial charge in [0, 0.05) is 0 Å². The van der Waals surface area contributed by atoms with Crippen LogP contribution < -0.4 is 0 Å². The van der Waals surface area contributed by atoms with Gasteiger partial charge in [-0.25, -0.2) is 4.39 Å². The molecular formula is C12H15FO2. The van der Waals surface area contributed by atoms with Crippen LogP contribution >= 0.6 is 0 Å². The average Bonchev–Trinajstić information content (AvgIpc) is 2.20. The molecule has 0 heterocycles.